The third kappa shape index (κ3) is 2.91. The van der Waals surface area contributed by atoms with Crippen molar-refractivity contribution in [3.8, 4) is 0 Å². The quantitative estimate of drug-likeness (QED) is 0.814. The molecule has 0 aromatic carbocycles. The second-order valence-corrected chi connectivity index (χ2v) is 6.28. The second-order valence-electron chi connectivity index (χ2n) is 5.05. The van der Waals surface area contributed by atoms with E-state index in [1.165, 1.54) is 0 Å². The maximum absolute atomic E-state index is 11.9. The van der Waals surface area contributed by atoms with Gasteiger partial charge in [0.1, 0.15) is 0 Å². The Kier molecular flexibility index (Phi) is 4.37. The number of amides is 2. The normalized spacial score (nSPS) is 22.8. The Bertz CT molecular complexity index is 323. The highest BCUT2D eigenvalue weighted by Crippen LogP contribution is 2.37. The van der Waals surface area contributed by atoms with Crippen LogP contribution in [0.3, 0.4) is 0 Å². The Labute approximate surface area is 111 Å². The largest absolute Gasteiger partial charge is 0.481 e. The summed E-state index contributed by atoms with van der Waals surface area (Å²) in [5.41, 5.74) is -0.722. The Hall–Kier alpha value is -0.910. The first-order valence-corrected chi connectivity index (χ1v) is 7.63. The molecule has 1 saturated carbocycles. The number of carboxylic acids is 1. The van der Waals surface area contributed by atoms with Crippen LogP contribution in [0, 0.1) is 5.41 Å². The fourth-order valence-electron chi connectivity index (χ4n) is 2.64. The molecule has 0 radical (unpaired) electrons. The molecule has 2 amide bonds. The summed E-state index contributed by atoms with van der Waals surface area (Å²) in [6.07, 6.45) is 3.25. The molecule has 2 rings (SSSR count). The van der Waals surface area contributed by atoms with Gasteiger partial charge in [-0.15, -0.1) is 0 Å². The topological polar surface area (TPSA) is 69.6 Å². The van der Waals surface area contributed by atoms with Gasteiger partial charge in [0, 0.05) is 31.1 Å². The van der Waals surface area contributed by atoms with Crippen molar-refractivity contribution < 1.29 is 14.7 Å². The van der Waals surface area contributed by atoms with Crippen molar-refractivity contribution in [3.05, 3.63) is 0 Å². The highest BCUT2D eigenvalue weighted by Gasteiger charge is 2.41. The van der Waals surface area contributed by atoms with E-state index >= 15 is 0 Å². The predicted molar refractivity (Wildman–Crippen MR) is 70.8 cm³/mol. The second kappa shape index (κ2) is 5.82. The molecule has 2 fully saturated rings. The molecule has 1 saturated heterocycles. The lowest BCUT2D eigenvalue weighted by Gasteiger charge is -2.29. The zero-order valence-corrected chi connectivity index (χ0v) is 11.3. The molecule has 5 nitrogen and oxygen atoms in total. The first-order chi connectivity index (χ1) is 8.64. The molecule has 0 aromatic heterocycles. The van der Waals surface area contributed by atoms with E-state index in [0.717, 1.165) is 37.4 Å². The van der Waals surface area contributed by atoms with Crippen molar-refractivity contribution in [1.82, 2.24) is 10.2 Å². The molecule has 102 valence electrons. The molecule has 0 unspecified atom stereocenters. The number of rotatable bonds is 3. The first-order valence-electron chi connectivity index (χ1n) is 6.48. The van der Waals surface area contributed by atoms with Crippen molar-refractivity contribution in [2.75, 3.05) is 31.1 Å². The van der Waals surface area contributed by atoms with Gasteiger partial charge in [-0.3, -0.25) is 4.79 Å². The molecule has 1 aliphatic heterocycles. The highest BCUT2D eigenvalue weighted by atomic mass is 32.2. The van der Waals surface area contributed by atoms with Crippen molar-refractivity contribution in [1.29, 1.82) is 0 Å². The van der Waals surface area contributed by atoms with Crippen molar-refractivity contribution in [3.63, 3.8) is 0 Å². The van der Waals surface area contributed by atoms with Crippen molar-refractivity contribution in [2.24, 2.45) is 5.41 Å². The van der Waals surface area contributed by atoms with Crippen LogP contribution in [0.1, 0.15) is 25.7 Å². The number of carboxylic acid groups (broad SMARTS) is 1. The lowest BCUT2D eigenvalue weighted by atomic mass is 9.86. The number of urea groups is 1. The van der Waals surface area contributed by atoms with E-state index in [1.807, 2.05) is 11.8 Å². The van der Waals surface area contributed by atoms with Gasteiger partial charge >= 0.3 is 12.0 Å². The maximum atomic E-state index is 11.9. The SMILES string of the molecule is O=C(NCC1(C(=O)O)CCCC1)N1CCSCC1. The van der Waals surface area contributed by atoms with Gasteiger partial charge in [0.2, 0.25) is 0 Å². The summed E-state index contributed by atoms with van der Waals surface area (Å²) >= 11 is 1.85. The Morgan fingerprint density at radius 3 is 2.39 bits per heavy atom. The van der Waals surface area contributed by atoms with E-state index in [4.69, 9.17) is 0 Å². The Morgan fingerprint density at radius 1 is 1.22 bits per heavy atom. The summed E-state index contributed by atoms with van der Waals surface area (Å²) in [6.45, 7) is 1.79. The zero-order valence-electron chi connectivity index (χ0n) is 10.5. The number of aliphatic carboxylic acids is 1. The lowest BCUT2D eigenvalue weighted by Crippen LogP contribution is -2.48. The van der Waals surface area contributed by atoms with Gasteiger partial charge in [-0.05, 0) is 12.8 Å². The van der Waals surface area contributed by atoms with Gasteiger partial charge in [0.05, 0.1) is 5.41 Å². The summed E-state index contributed by atoms with van der Waals surface area (Å²) in [4.78, 5) is 25.1. The van der Waals surface area contributed by atoms with Crippen LogP contribution < -0.4 is 5.32 Å². The van der Waals surface area contributed by atoms with Crippen LogP contribution in [0.25, 0.3) is 0 Å². The van der Waals surface area contributed by atoms with Gasteiger partial charge in [-0.25, -0.2) is 4.79 Å². The molecule has 0 spiro atoms. The minimum absolute atomic E-state index is 0.108. The fourth-order valence-corrected chi connectivity index (χ4v) is 3.54. The minimum Gasteiger partial charge on any atom is -0.481 e. The molecule has 1 aliphatic carbocycles. The maximum Gasteiger partial charge on any atom is 0.317 e. The third-order valence-electron chi connectivity index (χ3n) is 3.89. The average molecular weight is 272 g/mol. The molecule has 1 heterocycles. The number of hydrogen-bond acceptors (Lipinski definition) is 3. The molecular weight excluding hydrogens is 252 g/mol. The number of carbonyl (C=O) groups is 2. The van der Waals surface area contributed by atoms with Gasteiger partial charge in [-0.2, -0.15) is 11.8 Å². The molecule has 2 aliphatic rings. The van der Waals surface area contributed by atoms with Gasteiger partial charge in [0.25, 0.3) is 0 Å². The van der Waals surface area contributed by atoms with Gasteiger partial charge < -0.3 is 15.3 Å². The molecule has 0 atom stereocenters. The van der Waals surface area contributed by atoms with E-state index in [1.54, 1.807) is 4.90 Å². The number of hydrogen-bond donors (Lipinski definition) is 2. The Balaban J connectivity index is 1.85. The number of nitrogens with one attached hydrogen (secondary N) is 1. The van der Waals surface area contributed by atoms with Crippen LogP contribution in [-0.4, -0.2) is 53.1 Å². The van der Waals surface area contributed by atoms with E-state index in [2.05, 4.69) is 5.32 Å². The zero-order chi connectivity index (χ0) is 13.0. The van der Waals surface area contributed by atoms with E-state index in [0.29, 0.717) is 12.8 Å². The number of thioether (sulfide) groups is 1. The lowest BCUT2D eigenvalue weighted by molar-refractivity contribution is -0.148. The van der Waals surface area contributed by atoms with Crippen LogP contribution in [0.2, 0.25) is 0 Å². The first kappa shape index (κ1) is 13.5. The molecule has 0 aromatic rings. The standard InChI is InChI=1S/C12H20N2O3S/c15-10(16)12(3-1-2-4-12)9-13-11(17)14-5-7-18-8-6-14/h1-9H2,(H,13,17)(H,15,16). The molecular formula is C12H20N2O3S. The van der Waals surface area contributed by atoms with Crippen LogP contribution in [0.5, 0.6) is 0 Å². The van der Waals surface area contributed by atoms with Crippen LogP contribution in [-0.2, 0) is 4.79 Å². The summed E-state index contributed by atoms with van der Waals surface area (Å²) in [7, 11) is 0. The summed E-state index contributed by atoms with van der Waals surface area (Å²) in [5, 5.41) is 12.1. The number of nitrogens with zero attached hydrogens (tertiary/aromatic N) is 1. The molecule has 2 N–H and O–H groups in total. The molecule has 18 heavy (non-hydrogen) atoms. The predicted octanol–water partition coefficient (Wildman–Crippen LogP) is 1.39. The minimum atomic E-state index is -0.769. The van der Waals surface area contributed by atoms with Crippen LogP contribution in [0.15, 0.2) is 0 Å². The van der Waals surface area contributed by atoms with Gasteiger partial charge in [-0.1, -0.05) is 12.8 Å². The summed E-state index contributed by atoms with van der Waals surface area (Å²) in [6, 6.07) is -0.108. The number of carbonyl (C=O) groups excluding carboxylic acids is 1. The molecule has 0 bridgehead atoms. The fraction of sp³-hybridized carbons (Fsp3) is 0.833. The van der Waals surface area contributed by atoms with Gasteiger partial charge in [0.15, 0.2) is 0 Å². The summed E-state index contributed by atoms with van der Waals surface area (Å²) in [5.74, 6) is 1.17. The Morgan fingerprint density at radius 2 is 1.83 bits per heavy atom. The third-order valence-corrected chi connectivity index (χ3v) is 4.83. The summed E-state index contributed by atoms with van der Waals surface area (Å²) < 4.78 is 0. The monoisotopic (exact) mass is 272 g/mol. The van der Waals surface area contributed by atoms with Crippen LogP contribution in [0.4, 0.5) is 4.79 Å². The highest BCUT2D eigenvalue weighted by molar-refractivity contribution is 7.99. The average Bonchev–Trinajstić information content (AvgIpc) is 2.87. The smallest absolute Gasteiger partial charge is 0.317 e. The van der Waals surface area contributed by atoms with Crippen molar-refractivity contribution >= 4 is 23.8 Å². The van der Waals surface area contributed by atoms with Crippen LogP contribution >= 0.6 is 11.8 Å². The molecule has 6 heteroatoms. The van der Waals surface area contributed by atoms with E-state index in [-0.39, 0.29) is 12.6 Å². The van der Waals surface area contributed by atoms with Crippen molar-refractivity contribution in [2.45, 2.75) is 25.7 Å². The van der Waals surface area contributed by atoms with E-state index < -0.39 is 11.4 Å². The van der Waals surface area contributed by atoms with E-state index in [9.17, 15) is 14.7 Å².